The van der Waals surface area contributed by atoms with Gasteiger partial charge in [0.2, 0.25) is 0 Å². The van der Waals surface area contributed by atoms with E-state index in [1.54, 1.807) is 24.5 Å². The summed E-state index contributed by atoms with van der Waals surface area (Å²) in [5.74, 6) is 0. The van der Waals surface area contributed by atoms with Gasteiger partial charge in [-0.2, -0.15) is 0 Å². The van der Waals surface area contributed by atoms with Crippen molar-refractivity contribution >= 4 is 15.5 Å². The highest BCUT2D eigenvalue weighted by molar-refractivity contribution is 7.92. The number of nitrogens with zero attached hydrogens (tertiary/aromatic N) is 1. The fourth-order valence-corrected chi connectivity index (χ4v) is 3.76. The van der Waals surface area contributed by atoms with Crippen molar-refractivity contribution < 1.29 is 8.42 Å². The Morgan fingerprint density at radius 2 is 1.95 bits per heavy atom. The fourth-order valence-electron chi connectivity index (χ4n) is 2.23. The SMILES string of the molecule is Cc1ccc(S(=O)(=O)C2Cc3ccncc3N2)cc1. The first kappa shape index (κ1) is 12.2. The van der Waals surface area contributed by atoms with Crippen molar-refractivity contribution in [2.75, 3.05) is 5.32 Å². The maximum atomic E-state index is 12.5. The van der Waals surface area contributed by atoms with E-state index in [2.05, 4.69) is 10.3 Å². The Balaban J connectivity index is 1.94. The van der Waals surface area contributed by atoms with Gasteiger partial charge < -0.3 is 5.32 Å². The first-order valence-electron chi connectivity index (χ1n) is 6.07. The van der Waals surface area contributed by atoms with Gasteiger partial charge in [-0.05, 0) is 30.7 Å². The molecule has 0 aliphatic carbocycles. The zero-order chi connectivity index (χ0) is 13.5. The van der Waals surface area contributed by atoms with Crippen LogP contribution >= 0.6 is 0 Å². The second-order valence-corrected chi connectivity index (χ2v) is 6.86. The summed E-state index contributed by atoms with van der Waals surface area (Å²) in [7, 11) is -3.36. The maximum absolute atomic E-state index is 12.5. The summed E-state index contributed by atoms with van der Waals surface area (Å²) in [5.41, 5.74) is 2.85. The van der Waals surface area contributed by atoms with Crippen LogP contribution in [0.15, 0.2) is 47.6 Å². The molecule has 1 aromatic heterocycles. The second-order valence-electron chi connectivity index (χ2n) is 4.73. The van der Waals surface area contributed by atoms with E-state index in [0.717, 1.165) is 16.8 Å². The van der Waals surface area contributed by atoms with Crippen molar-refractivity contribution in [3.05, 3.63) is 53.9 Å². The Morgan fingerprint density at radius 3 is 2.63 bits per heavy atom. The molecule has 1 aliphatic heterocycles. The van der Waals surface area contributed by atoms with Gasteiger partial charge in [-0.15, -0.1) is 0 Å². The van der Waals surface area contributed by atoms with Crippen LogP contribution < -0.4 is 5.32 Å². The first-order valence-corrected chi connectivity index (χ1v) is 7.62. The number of pyridine rings is 1. The summed E-state index contributed by atoms with van der Waals surface area (Å²) < 4.78 is 25.1. The summed E-state index contributed by atoms with van der Waals surface area (Å²) in [4.78, 5) is 4.36. The Kier molecular flexibility index (Phi) is 2.78. The fraction of sp³-hybridized carbons (Fsp3) is 0.214. The lowest BCUT2D eigenvalue weighted by Crippen LogP contribution is -2.27. The van der Waals surface area contributed by atoms with Crippen LogP contribution in [0.4, 0.5) is 5.69 Å². The third kappa shape index (κ3) is 2.10. The molecule has 3 rings (SSSR count). The van der Waals surface area contributed by atoms with Gasteiger partial charge in [0.1, 0.15) is 5.37 Å². The van der Waals surface area contributed by atoms with Crippen LogP contribution in [0, 0.1) is 6.92 Å². The number of rotatable bonds is 2. The zero-order valence-electron chi connectivity index (χ0n) is 10.5. The molecule has 0 spiro atoms. The molecule has 1 unspecified atom stereocenters. The summed E-state index contributed by atoms with van der Waals surface area (Å²) in [6, 6.07) is 8.81. The molecule has 0 fully saturated rings. The average molecular weight is 274 g/mol. The van der Waals surface area contributed by atoms with Crippen molar-refractivity contribution in [2.24, 2.45) is 0 Å². The maximum Gasteiger partial charge on any atom is 0.199 e. The Labute approximate surface area is 112 Å². The molecule has 2 aromatic rings. The molecule has 2 heterocycles. The lowest BCUT2D eigenvalue weighted by Gasteiger charge is -2.12. The molecule has 0 radical (unpaired) electrons. The molecule has 0 amide bonds. The van der Waals surface area contributed by atoms with Crippen LogP contribution in [0.1, 0.15) is 11.1 Å². The molecule has 1 atom stereocenters. The number of nitrogens with one attached hydrogen (secondary N) is 1. The number of sulfone groups is 1. The third-order valence-corrected chi connectivity index (χ3v) is 5.32. The van der Waals surface area contributed by atoms with Crippen LogP contribution in [0.2, 0.25) is 0 Å². The van der Waals surface area contributed by atoms with E-state index >= 15 is 0 Å². The van der Waals surface area contributed by atoms with Gasteiger partial charge >= 0.3 is 0 Å². The van der Waals surface area contributed by atoms with E-state index in [1.807, 2.05) is 25.1 Å². The number of aryl methyl sites for hydroxylation is 1. The van der Waals surface area contributed by atoms with Crippen molar-refractivity contribution in [3.63, 3.8) is 0 Å². The minimum atomic E-state index is -3.36. The minimum absolute atomic E-state index is 0.358. The van der Waals surface area contributed by atoms with Gasteiger partial charge in [-0.25, -0.2) is 8.42 Å². The first-order chi connectivity index (χ1) is 9.07. The van der Waals surface area contributed by atoms with E-state index in [-0.39, 0.29) is 0 Å². The van der Waals surface area contributed by atoms with Crippen molar-refractivity contribution in [2.45, 2.75) is 23.6 Å². The van der Waals surface area contributed by atoms with Crippen LogP contribution in [0.5, 0.6) is 0 Å². The molecular formula is C14H14N2O2S. The predicted octanol–water partition coefficient (Wildman–Crippen LogP) is 2.16. The quantitative estimate of drug-likeness (QED) is 0.911. The molecule has 0 saturated heterocycles. The molecule has 4 nitrogen and oxygen atoms in total. The average Bonchev–Trinajstić information content (AvgIpc) is 2.83. The van der Waals surface area contributed by atoms with Crippen LogP contribution in [0.3, 0.4) is 0 Å². The van der Waals surface area contributed by atoms with Gasteiger partial charge in [-0.1, -0.05) is 17.7 Å². The number of anilines is 1. The summed E-state index contributed by atoms with van der Waals surface area (Å²) >= 11 is 0. The molecule has 98 valence electrons. The number of hydrogen-bond acceptors (Lipinski definition) is 4. The van der Waals surface area contributed by atoms with E-state index in [0.29, 0.717) is 11.3 Å². The molecule has 1 aliphatic rings. The topological polar surface area (TPSA) is 59.1 Å². The third-order valence-electron chi connectivity index (χ3n) is 3.36. The van der Waals surface area contributed by atoms with Crippen LogP contribution in [0.25, 0.3) is 0 Å². The smallest absolute Gasteiger partial charge is 0.199 e. The Morgan fingerprint density at radius 1 is 1.21 bits per heavy atom. The predicted molar refractivity (Wildman–Crippen MR) is 73.7 cm³/mol. The lowest BCUT2D eigenvalue weighted by atomic mass is 10.2. The highest BCUT2D eigenvalue weighted by atomic mass is 32.2. The Hall–Kier alpha value is -1.88. The zero-order valence-corrected chi connectivity index (χ0v) is 11.3. The molecule has 19 heavy (non-hydrogen) atoms. The summed E-state index contributed by atoms with van der Waals surface area (Å²) in [6.07, 6.45) is 3.83. The minimum Gasteiger partial charge on any atom is -0.367 e. The molecule has 5 heteroatoms. The highest BCUT2D eigenvalue weighted by Gasteiger charge is 2.32. The van der Waals surface area contributed by atoms with E-state index in [1.165, 1.54) is 0 Å². The normalized spacial score (nSPS) is 17.8. The number of hydrogen-bond donors (Lipinski definition) is 1. The second kappa shape index (κ2) is 4.35. The lowest BCUT2D eigenvalue weighted by molar-refractivity contribution is 0.586. The summed E-state index contributed by atoms with van der Waals surface area (Å²) in [5, 5.41) is 2.43. The van der Waals surface area contributed by atoms with E-state index in [9.17, 15) is 8.42 Å². The molecule has 1 N–H and O–H groups in total. The monoisotopic (exact) mass is 274 g/mol. The molecule has 0 bridgehead atoms. The molecule has 0 saturated carbocycles. The van der Waals surface area contributed by atoms with Gasteiger partial charge in [0.25, 0.3) is 0 Å². The van der Waals surface area contributed by atoms with Gasteiger partial charge in [-0.3, -0.25) is 4.98 Å². The molecular weight excluding hydrogens is 260 g/mol. The highest BCUT2D eigenvalue weighted by Crippen LogP contribution is 2.29. The molecule has 1 aromatic carbocycles. The van der Waals surface area contributed by atoms with Crippen LogP contribution in [-0.2, 0) is 16.3 Å². The number of benzene rings is 1. The van der Waals surface area contributed by atoms with Gasteiger partial charge in [0, 0.05) is 12.6 Å². The van der Waals surface area contributed by atoms with Crippen molar-refractivity contribution in [1.82, 2.24) is 4.98 Å². The van der Waals surface area contributed by atoms with Crippen molar-refractivity contribution in [1.29, 1.82) is 0 Å². The largest absolute Gasteiger partial charge is 0.367 e. The van der Waals surface area contributed by atoms with Crippen LogP contribution in [-0.4, -0.2) is 18.8 Å². The number of aromatic nitrogens is 1. The van der Waals surface area contributed by atoms with Gasteiger partial charge in [0.05, 0.1) is 16.8 Å². The van der Waals surface area contributed by atoms with Crippen molar-refractivity contribution in [3.8, 4) is 0 Å². The Bertz CT molecular complexity index is 683. The van der Waals surface area contributed by atoms with E-state index in [4.69, 9.17) is 0 Å². The summed E-state index contributed by atoms with van der Waals surface area (Å²) in [6.45, 7) is 1.94. The number of fused-ring (bicyclic) bond motifs is 1. The standard InChI is InChI=1S/C14H14N2O2S/c1-10-2-4-12(5-3-10)19(17,18)14-8-11-6-7-15-9-13(11)16-14/h2-7,9,14,16H,8H2,1H3. The van der Waals surface area contributed by atoms with E-state index < -0.39 is 15.2 Å². The van der Waals surface area contributed by atoms with Gasteiger partial charge in [0.15, 0.2) is 9.84 Å².